The van der Waals surface area contributed by atoms with Crippen LogP contribution in [0.2, 0.25) is 0 Å². The highest BCUT2D eigenvalue weighted by atomic mass is 19.3. The van der Waals surface area contributed by atoms with Gasteiger partial charge in [0.15, 0.2) is 0 Å². The predicted octanol–water partition coefficient (Wildman–Crippen LogP) is 3.38. The van der Waals surface area contributed by atoms with E-state index in [2.05, 4.69) is 0 Å². The monoisotopic (exact) mass is 228 g/mol. The van der Waals surface area contributed by atoms with Gasteiger partial charge in [-0.3, -0.25) is 4.79 Å². The van der Waals surface area contributed by atoms with Gasteiger partial charge in [0.2, 0.25) is 0 Å². The Balaban J connectivity index is 3.03. The van der Waals surface area contributed by atoms with Crippen LogP contribution in [0.3, 0.4) is 0 Å². The Hall–Kier alpha value is -1.45. The van der Waals surface area contributed by atoms with Crippen molar-refractivity contribution in [3.05, 3.63) is 35.4 Å². The van der Waals surface area contributed by atoms with Crippen LogP contribution < -0.4 is 0 Å². The summed E-state index contributed by atoms with van der Waals surface area (Å²) in [6.45, 7) is 3.46. The summed E-state index contributed by atoms with van der Waals surface area (Å²) >= 11 is 0. The summed E-state index contributed by atoms with van der Waals surface area (Å²) < 4.78 is 25.0. The van der Waals surface area contributed by atoms with Crippen LogP contribution in [0.1, 0.15) is 37.8 Å². The zero-order valence-electron chi connectivity index (χ0n) is 9.21. The number of halogens is 2. The van der Waals surface area contributed by atoms with Gasteiger partial charge >= 0.3 is 5.97 Å². The number of benzene rings is 1. The standard InChI is InChI=1S/C12H14F2O2/c1-12(2,7-10(15)16)9-5-3-4-8(6-9)11(13)14/h3-6,11H,7H2,1-2H3,(H,15,16). The maximum atomic E-state index is 12.5. The van der Waals surface area contributed by atoms with Crippen molar-refractivity contribution in [2.75, 3.05) is 0 Å². The highest BCUT2D eigenvalue weighted by Crippen LogP contribution is 2.30. The first-order valence-electron chi connectivity index (χ1n) is 4.93. The highest BCUT2D eigenvalue weighted by molar-refractivity contribution is 5.68. The molecular formula is C12H14F2O2. The van der Waals surface area contributed by atoms with Crippen molar-refractivity contribution in [2.45, 2.75) is 32.1 Å². The summed E-state index contributed by atoms with van der Waals surface area (Å²) in [5.41, 5.74) is -0.0971. The maximum Gasteiger partial charge on any atom is 0.304 e. The summed E-state index contributed by atoms with van der Waals surface area (Å²) in [7, 11) is 0. The third kappa shape index (κ3) is 3.02. The van der Waals surface area contributed by atoms with E-state index in [4.69, 9.17) is 5.11 Å². The highest BCUT2D eigenvalue weighted by Gasteiger charge is 2.24. The molecule has 1 N–H and O–H groups in total. The smallest absolute Gasteiger partial charge is 0.304 e. The number of carboxylic acids is 1. The minimum Gasteiger partial charge on any atom is -0.481 e. The molecule has 4 heteroatoms. The number of aliphatic carboxylic acids is 1. The molecule has 0 fully saturated rings. The summed E-state index contributed by atoms with van der Waals surface area (Å²) in [6, 6.07) is 5.91. The second kappa shape index (κ2) is 4.60. The van der Waals surface area contributed by atoms with Crippen LogP contribution in [0.25, 0.3) is 0 Å². The van der Waals surface area contributed by atoms with Gasteiger partial charge in [-0.05, 0) is 11.6 Å². The zero-order valence-corrected chi connectivity index (χ0v) is 9.21. The summed E-state index contributed by atoms with van der Waals surface area (Å²) in [5.74, 6) is -0.938. The van der Waals surface area contributed by atoms with Gasteiger partial charge in [0.25, 0.3) is 6.43 Å². The Morgan fingerprint density at radius 1 is 1.44 bits per heavy atom. The first-order chi connectivity index (χ1) is 7.33. The van der Waals surface area contributed by atoms with Crippen LogP contribution in [-0.2, 0) is 10.2 Å². The molecule has 16 heavy (non-hydrogen) atoms. The van der Waals surface area contributed by atoms with Gasteiger partial charge < -0.3 is 5.11 Å². The molecule has 0 aliphatic rings. The first kappa shape index (κ1) is 12.6. The Morgan fingerprint density at radius 3 is 2.56 bits per heavy atom. The van der Waals surface area contributed by atoms with E-state index in [0.29, 0.717) is 5.56 Å². The minimum atomic E-state index is -2.53. The molecule has 2 nitrogen and oxygen atoms in total. The van der Waals surface area contributed by atoms with Gasteiger partial charge in [-0.1, -0.05) is 32.0 Å². The second-order valence-corrected chi connectivity index (χ2v) is 4.38. The third-order valence-electron chi connectivity index (χ3n) is 2.51. The maximum absolute atomic E-state index is 12.5. The van der Waals surface area contributed by atoms with Gasteiger partial charge in [-0.25, -0.2) is 8.78 Å². The van der Waals surface area contributed by atoms with Crippen LogP contribution in [0.5, 0.6) is 0 Å². The Kier molecular flexibility index (Phi) is 3.62. The van der Waals surface area contributed by atoms with E-state index >= 15 is 0 Å². The van der Waals surface area contributed by atoms with E-state index in [9.17, 15) is 13.6 Å². The van der Waals surface area contributed by atoms with E-state index in [1.54, 1.807) is 19.9 Å². The molecule has 0 radical (unpaired) electrons. The van der Waals surface area contributed by atoms with E-state index in [1.165, 1.54) is 18.2 Å². The van der Waals surface area contributed by atoms with Crippen LogP contribution in [-0.4, -0.2) is 11.1 Å². The van der Waals surface area contributed by atoms with Crippen LogP contribution in [0.15, 0.2) is 24.3 Å². The van der Waals surface area contributed by atoms with Gasteiger partial charge in [0.1, 0.15) is 0 Å². The normalized spacial score (nSPS) is 11.8. The molecule has 1 rings (SSSR count). The minimum absolute atomic E-state index is 0.0732. The average molecular weight is 228 g/mol. The zero-order chi connectivity index (χ0) is 12.3. The van der Waals surface area contributed by atoms with Crippen molar-refractivity contribution in [1.82, 2.24) is 0 Å². The van der Waals surface area contributed by atoms with Gasteiger partial charge in [-0.2, -0.15) is 0 Å². The van der Waals surface area contributed by atoms with Crippen molar-refractivity contribution in [2.24, 2.45) is 0 Å². The molecule has 0 aliphatic carbocycles. The molecule has 0 unspecified atom stereocenters. The molecule has 0 aromatic heterocycles. The Morgan fingerprint density at radius 2 is 2.06 bits per heavy atom. The van der Waals surface area contributed by atoms with Crippen molar-refractivity contribution in [3.63, 3.8) is 0 Å². The fourth-order valence-corrected chi connectivity index (χ4v) is 1.58. The number of rotatable bonds is 4. The quantitative estimate of drug-likeness (QED) is 0.857. The molecule has 0 heterocycles. The fraction of sp³-hybridized carbons (Fsp3) is 0.417. The lowest BCUT2D eigenvalue weighted by molar-refractivity contribution is -0.138. The SMILES string of the molecule is CC(C)(CC(=O)O)c1cccc(C(F)F)c1. The molecular weight excluding hydrogens is 214 g/mol. The van der Waals surface area contributed by atoms with Crippen LogP contribution in [0, 0.1) is 0 Å². The molecule has 0 saturated heterocycles. The van der Waals surface area contributed by atoms with E-state index in [0.717, 1.165) is 0 Å². The van der Waals surface area contributed by atoms with E-state index in [1.807, 2.05) is 0 Å². The van der Waals surface area contributed by atoms with Crippen molar-refractivity contribution in [3.8, 4) is 0 Å². The largest absolute Gasteiger partial charge is 0.481 e. The molecule has 88 valence electrons. The predicted molar refractivity (Wildman–Crippen MR) is 56.7 cm³/mol. The van der Waals surface area contributed by atoms with E-state index < -0.39 is 17.8 Å². The van der Waals surface area contributed by atoms with Crippen LogP contribution in [0.4, 0.5) is 8.78 Å². The van der Waals surface area contributed by atoms with Gasteiger partial charge in [-0.15, -0.1) is 0 Å². The Bertz CT molecular complexity index is 386. The van der Waals surface area contributed by atoms with Crippen molar-refractivity contribution in [1.29, 1.82) is 0 Å². The molecule has 0 bridgehead atoms. The first-order valence-corrected chi connectivity index (χ1v) is 4.93. The number of alkyl halides is 2. The number of hydrogen-bond acceptors (Lipinski definition) is 1. The number of hydrogen-bond donors (Lipinski definition) is 1. The van der Waals surface area contributed by atoms with Crippen LogP contribution >= 0.6 is 0 Å². The molecule has 1 aromatic carbocycles. The van der Waals surface area contributed by atoms with Gasteiger partial charge in [0, 0.05) is 11.0 Å². The molecule has 0 aliphatic heterocycles. The molecule has 0 spiro atoms. The molecule has 1 aromatic rings. The average Bonchev–Trinajstić information content (AvgIpc) is 2.16. The lowest BCUT2D eigenvalue weighted by Crippen LogP contribution is -2.21. The lowest BCUT2D eigenvalue weighted by Gasteiger charge is -2.23. The third-order valence-corrected chi connectivity index (χ3v) is 2.51. The fourth-order valence-electron chi connectivity index (χ4n) is 1.58. The van der Waals surface area contributed by atoms with Gasteiger partial charge in [0.05, 0.1) is 6.42 Å². The summed E-state index contributed by atoms with van der Waals surface area (Å²) in [6.07, 6.45) is -2.61. The molecule has 0 atom stereocenters. The lowest BCUT2D eigenvalue weighted by atomic mass is 9.81. The Labute approximate surface area is 92.9 Å². The topological polar surface area (TPSA) is 37.3 Å². The van der Waals surface area contributed by atoms with Crippen molar-refractivity contribution >= 4 is 5.97 Å². The van der Waals surface area contributed by atoms with Crippen molar-refractivity contribution < 1.29 is 18.7 Å². The molecule has 0 amide bonds. The summed E-state index contributed by atoms with van der Waals surface area (Å²) in [5, 5.41) is 8.74. The second-order valence-electron chi connectivity index (χ2n) is 4.38. The number of carboxylic acid groups (broad SMARTS) is 1. The summed E-state index contributed by atoms with van der Waals surface area (Å²) in [4.78, 5) is 10.7. The molecule has 0 saturated carbocycles. The number of carbonyl (C=O) groups is 1. The van der Waals surface area contributed by atoms with E-state index in [-0.39, 0.29) is 12.0 Å².